The SMILES string of the molecule is Cc1ccc(NC(=O)CN2CCN(C(=O)C3CC(=O)N(c4ccc5c(c4)OCO5)C3)CC2)cc1. The molecule has 2 aromatic rings. The molecule has 2 saturated heterocycles. The topological polar surface area (TPSA) is 91.4 Å². The van der Waals surface area contributed by atoms with E-state index in [2.05, 4.69) is 5.32 Å². The van der Waals surface area contributed by atoms with Crippen molar-refractivity contribution in [1.29, 1.82) is 0 Å². The first-order valence-corrected chi connectivity index (χ1v) is 11.5. The van der Waals surface area contributed by atoms with Crippen LogP contribution in [0.5, 0.6) is 11.5 Å². The molecule has 9 heteroatoms. The van der Waals surface area contributed by atoms with E-state index < -0.39 is 0 Å². The number of fused-ring (bicyclic) bond motifs is 1. The van der Waals surface area contributed by atoms with Gasteiger partial charge in [-0.2, -0.15) is 0 Å². The fraction of sp³-hybridized carbons (Fsp3) is 0.400. The van der Waals surface area contributed by atoms with Gasteiger partial charge in [-0.1, -0.05) is 17.7 Å². The highest BCUT2D eigenvalue weighted by Gasteiger charge is 2.38. The monoisotopic (exact) mass is 464 g/mol. The molecule has 0 saturated carbocycles. The van der Waals surface area contributed by atoms with Crippen molar-refractivity contribution in [3.05, 3.63) is 48.0 Å². The molecule has 0 aliphatic carbocycles. The molecule has 1 unspecified atom stereocenters. The van der Waals surface area contributed by atoms with Gasteiger partial charge in [0.15, 0.2) is 11.5 Å². The van der Waals surface area contributed by atoms with Crippen LogP contribution in [0.4, 0.5) is 11.4 Å². The van der Waals surface area contributed by atoms with E-state index in [9.17, 15) is 14.4 Å². The summed E-state index contributed by atoms with van der Waals surface area (Å²) in [6, 6.07) is 13.1. The van der Waals surface area contributed by atoms with E-state index >= 15 is 0 Å². The molecule has 3 amide bonds. The first kappa shape index (κ1) is 22.2. The zero-order valence-electron chi connectivity index (χ0n) is 19.2. The second kappa shape index (κ2) is 9.34. The van der Waals surface area contributed by atoms with Gasteiger partial charge in [-0.3, -0.25) is 19.3 Å². The van der Waals surface area contributed by atoms with E-state index in [1.54, 1.807) is 17.0 Å². The maximum atomic E-state index is 13.1. The highest BCUT2D eigenvalue weighted by atomic mass is 16.7. The lowest BCUT2D eigenvalue weighted by atomic mass is 10.1. The average Bonchev–Trinajstić information content (AvgIpc) is 3.46. The van der Waals surface area contributed by atoms with E-state index in [1.165, 1.54) is 0 Å². The third-order valence-corrected chi connectivity index (χ3v) is 6.53. The number of aryl methyl sites for hydroxylation is 1. The lowest BCUT2D eigenvalue weighted by Gasteiger charge is -2.35. The summed E-state index contributed by atoms with van der Waals surface area (Å²) in [4.78, 5) is 43.6. The van der Waals surface area contributed by atoms with Gasteiger partial charge in [0.1, 0.15) is 0 Å². The number of carbonyl (C=O) groups is 3. The van der Waals surface area contributed by atoms with E-state index in [-0.39, 0.29) is 43.4 Å². The minimum Gasteiger partial charge on any atom is -0.454 e. The Kier molecular flexibility index (Phi) is 6.10. The molecule has 34 heavy (non-hydrogen) atoms. The Morgan fingerprint density at radius 3 is 2.50 bits per heavy atom. The first-order chi connectivity index (χ1) is 16.5. The van der Waals surface area contributed by atoms with Gasteiger partial charge >= 0.3 is 0 Å². The highest BCUT2D eigenvalue weighted by Crippen LogP contribution is 2.37. The standard InChI is InChI=1S/C25H28N4O5/c1-17-2-4-19(5-3-17)26-23(30)15-27-8-10-28(11-9-27)25(32)18-12-24(31)29(14-18)20-6-7-21-22(13-20)34-16-33-21/h2-7,13,18H,8-12,14-16H2,1H3,(H,26,30). The molecule has 0 spiro atoms. The van der Waals surface area contributed by atoms with Gasteiger partial charge in [0.25, 0.3) is 0 Å². The third kappa shape index (κ3) is 4.70. The number of nitrogens with one attached hydrogen (secondary N) is 1. The molecule has 1 atom stereocenters. The Balaban J connectivity index is 1.11. The normalized spacial score (nSPS) is 20.0. The molecular weight excluding hydrogens is 436 g/mol. The second-order valence-corrected chi connectivity index (χ2v) is 8.96. The molecule has 178 valence electrons. The molecule has 2 fully saturated rings. The first-order valence-electron chi connectivity index (χ1n) is 11.5. The highest BCUT2D eigenvalue weighted by molar-refractivity contribution is 6.00. The molecule has 3 aliphatic heterocycles. The number of rotatable bonds is 5. The van der Waals surface area contributed by atoms with Crippen LogP contribution in [0.1, 0.15) is 12.0 Å². The summed E-state index contributed by atoms with van der Waals surface area (Å²) in [7, 11) is 0. The van der Waals surface area contributed by atoms with Crippen LogP contribution in [-0.2, 0) is 14.4 Å². The zero-order valence-corrected chi connectivity index (χ0v) is 19.2. The van der Waals surface area contributed by atoms with Crippen molar-refractivity contribution in [2.24, 2.45) is 5.92 Å². The predicted octanol–water partition coefficient (Wildman–Crippen LogP) is 1.86. The van der Waals surface area contributed by atoms with Crippen LogP contribution in [0.2, 0.25) is 0 Å². The van der Waals surface area contributed by atoms with Crippen LogP contribution >= 0.6 is 0 Å². The summed E-state index contributed by atoms with van der Waals surface area (Å²) in [5.74, 6) is 0.777. The van der Waals surface area contributed by atoms with Crippen LogP contribution in [0, 0.1) is 12.8 Å². The maximum absolute atomic E-state index is 13.1. The van der Waals surface area contributed by atoms with E-state index in [0.29, 0.717) is 49.9 Å². The molecule has 3 heterocycles. The number of benzene rings is 2. The number of piperazine rings is 1. The van der Waals surface area contributed by atoms with Crippen molar-refractivity contribution in [2.45, 2.75) is 13.3 Å². The Morgan fingerprint density at radius 2 is 1.74 bits per heavy atom. The number of amides is 3. The smallest absolute Gasteiger partial charge is 0.238 e. The minimum absolute atomic E-state index is 0.000324. The Hall–Kier alpha value is -3.59. The predicted molar refractivity (Wildman–Crippen MR) is 126 cm³/mol. The van der Waals surface area contributed by atoms with Gasteiger partial charge in [-0.25, -0.2) is 0 Å². The van der Waals surface area contributed by atoms with Crippen LogP contribution in [0.25, 0.3) is 0 Å². The molecular formula is C25H28N4O5. The van der Waals surface area contributed by atoms with Crippen LogP contribution in [-0.4, -0.2) is 73.6 Å². The molecule has 0 bridgehead atoms. The van der Waals surface area contributed by atoms with Crippen molar-refractivity contribution in [1.82, 2.24) is 9.80 Å². The summed E-state index contributed by atoms with van der Waals surface area (Å²) in [6.45, 7) is 5.16. The van der Waals surface area contributed by atoms with Crippen molar-refractivity contribution in [2.75, 3.05) is 56.3 Å². The van der Waals surface area contributed by atoms with Gasteiger partial charge in [0.2, 0.25) is 24.5 Å². The third-order valence-electron chi connectivity index (χ3n) is 6.53. The number of anilines is 2. The number of ether oxygens (including phenoxy) is 2. The van der Waals surface area contributed by atoms with Gasteiger partial charge in [0, 0.05) is 56.6 Å². The summed E-state index contributed by atoms with van der Waals surface area (Å²) in [5.41, 5.74) is 2.64. The number of carbonyl (C=O) groups excluding carboxylic acids is 3. The quantitative estimate of drug-likeness (QED) is 0.727. The summed E-state index contributed by atoms with van der Waals surface area (Å²) < 4.78 is 10.7. The van der Waals surface area contributed by atoms with Gasteiger partial charge in [-0.15, -0.1) is 0 Å². The Labute approximate surface area is 198 Å². The fourth-order valence-electron chi connectivity index (χ4n) is 4.60. The molecule has 2 aromatic carbocycles. The molecule has 0 aromatic heterocycles. The van der Waals surface area contributed by atoms with Crippen LogP contribution < -0.4 is 19.7 Å². The molecule has 9 nitrogen and oxygen atoms in total. The zero-order chi connectivity index (χ0) is 23.7. The van der Waals surface area contributed by atoms with Gasteiger partial charge in [0.05, 0.1) is 12.5 Å². The van der Waals surface area contributed by atoms with Crippen LogP contribution in [0.15, 0.2) is 42.5 Å². The van der Waals surface area contributed by atoms with Crippen molar-refractivity contribution < 1.29 is 23.9 Å². The summed E-state index contributed by atoms with van der Waals surface area (Å²) in [6.07, 6.45) is 0.201. The van der Waals surface area contributed by atoms with Crippen molar-refractivity contribution in [3.63, 3.8) is 0 Å². The lowest BCUT2D eigenvalue weighted by Crippen LogP contribution is -2.52. The lowest BCUT2D eigenvalue weighted by molar-refractivity contribution is -0.137. The number of nitrogens with zero attached hydrogens (tertiary/aromatic N) is 3. The summed E-state index contributed by atoms with van der Waals surface area (Å²) in [5, 5.41) is 2.92. The van der Waals surface area contributed by atoms with E-state index in [1.807, 2.05) is 47.1 Å². The molecule has 1 N–H and O–H groups in total. The van der Waals surface area contributed by atoms with Gasteiger partial charge in [-0.05, 0) is 31.2 Å². The minimum atomic E-state index is -0.366. The second-order valence-electron chi connectivity index (χ2n) is 8.96. The number of hydrogen-bond donors (Lipinski definition) is 1. The van der Waals surface area contributed by atoms with Crippen molar-refractivity contribution >= 4 is 29.1 Å². The van der Waals surface area contributed by atoms with Crippen molar-refractivity contribution in [3.8, 4) is 11.5 Å². The average molecular weight is 465 g/mol. The van der Waals surface area contributed by atoms with E-state index in [0.717, 1.165) is 11.3 Å². The molecule has 3 aliphatic rings. The Bertz CT molecular complexity index is 1090. The molecule has 0 radical (unpaired) electrons. The van der Waals surface area contributed by atoms with E-state index in [4.69, 9.17) is 9.47 Å². The maximum Gasteiger partial charge on any atom is 0.238 e. The largest absolute Gasteiger partial charge is 0.454 e. The summed E-state index contributed by atoms with van der Waals surface area (Å²) >= 11 is 0. The van der Waals surface area contributed by atoms with Gasteiger partial charge < -0.3 is 24.6 Å². The van der Waals surface area contributed by atoms with Crippen LogP contribution in [0.3, 0.4) is 0 Å². The fourth-order valence-corrected chi connectivity index (χ4v) is 4.60. The Morgan fingerprint density at radius 1 is 1.00 bits per heavy atom. The molecule has 5 rings (SSSR count). The number of hydrogen-bond acceptors (Lipinski definition) is 6.